The normalized spacial score (nSPS) is 15.4. The standard InChI is InChI=1S/C26H31N5O2S2/c1-26(2,3)17-8-11-19-20(14-27)24(35-21(19)13-17)28-23(32)15-34-25-30-29-22(31(25)4)12-16-6-9-18(33-5)10-7-16/h6-7,9-10,17H,8,11-13,15H2,1-5H3,(H,28,32). The first-order valence-electron chi connectivity index (χ1n) is 11.7. The van der Waals surface area contributed by atoms with Crippen molar-refractivity contribution in [3.8, 4) is 11.8 Å². The van der Waals surface area contributed by atoms with Crippen LogP contribution in [-0.2, 0) is 31.1 Å². The third-order valence-corrected chi connectivity index (χ3v) is 8.82. The predicted octanol–water partition coefficient (Wildman–Crippen LogP) is 5.23. The fourth-order valence-corrected chi connectivity index (χ4v) is 6.40. The second-order valence-corrected chi connectivity index (χ2v) is 12.0. The molecule has 0 spiro atoms. The van der Waals surface area contributed by atoms with Crippen molar-refractivity contribution in [2.45, 2.75) is 51.6 Å². The molecule has 1 amide bonds. The Labute approximate surface area is 214 Å². The topological polar surface area (TPSA) is 92.8 Å². The second kappa shape index (κ2) is 10.4. The molecule has 2 heterocycles. The number of benzene rings is 1. The number of amides is 1. The Morgan fingerprint density at radius 2 is 2.06 bits per heavy atom. The van der Waals surface area contributed by atoms with Gasteiger partial charge in [0.25, 0.3) is 0 Å². The monoisotopic (exact) mass is 509 g/mol. The summed E-state index contributed by atoms with van der Waals surface area (Å²) in [6.45, 7) is 6.82. The highest BCUT2D eigenvalue weighted by molar-refractivity contribution is 7.99. The highest BCUT2D eigenvalue weighted by Crippen LogP contribution is 2.44. The Morgan fingerprint density at radius 1 is 1.31 bits per heavy atom. The molecule has 1 aromatic carbocycles. The fourth-order valence-electron chi connectivity index (χ4n) is 4.37. The van der Waals surface area contributed by atoms with E-state index in [-0.39, 0.29) is 17.1 Å². The highest BCUT2D eigenvalue weighted by atomic mass is 32.2. The molecule has 0 radical (unpaired) electrons. The van der Waals surface area contributed by atoms with E-state index in [1.54, 1.807) is 18.4 Å². The molecular weight excluding hydrogens is 478 g/mol. The number of anilines is 1. The average Bonchev–Trinajstić information content (AvgIpc) is 3.36. The maximum Gasteiger partial charge on any atom is 0.235 e. The predicted molar refractivity (Wildman–Crippen MR) is 140 cm³/mol. The Bertz CT molecular complexity index is 1250. The Balaban J connectivity index is 1.38. The van der Waals surface area contributed by atoms with Crippen LogP contribution >= 0.6 is 23.1 Å². The summed E-state index contributed by atoms with van der Waals surface area (Å²) in [7, 11) is 3.55. The number of methoxy groups -OCH3 is 1. The van der Waals surface area contributed by atoms with Crippen molar-refractivity contribution in [3.05, 3.63) is 51.7 Å². The lowest BCUT2D eigenvalue weighted by Crippen LogP contribution is -2.26. The van der Waals surface area contributed by atoms with Crippen LogP contribution < -0.4 is 10.1 Å². The number of carbonyl (C=O) groups is 1. The lowest BCUT2D eigenvalue weighted by Gasteiger charge is -2.33. The van der Waals surface area contributed by atoms with Crippen molar-refractivity contribution in [2.24, 2.45) is 18.4 Å². The van der Waals surface area contributed by atoms with Gasteiger partial charge in [-0.25, -0.2) is 0 Å². The largest absolute Gasteiger partial charge is 0.497 e. The first kappa shape index (κ1) is 25.3. The van der Waals surface area contributed by atoms with Gasteiger partial charge in [0, 0.05) is 18.3 Å². The van der Waals surface area contributed by atoms with Gasteiger partial charge in [0.1, 0.15) is 22.6 Å². The van der Waals surface area contributed by atoms with Crippen molar-refractivity contribution in [3.63, 3.8) is 0 Å². The third-order valence-electron chi connectivity index (χ3n) is 6.63. The molecule has 1 N–H and O–H groups in total. The van der Waals surface area contributed by atoms with E-state index in [4.69, 9.17) is 4.74 Å². The molecule has 0 fully saturated rings. The number of aromatic nitrogens is 3. The molecule has 0 saturated carbocycles. The Hall–Kier alpha value is -2.83. The van der Waals surface area contributed by atoms with Crippen LogP contribution in [0.2, 0.25) is 0 Å². The van der Waals surface area contributed by atoms with Crippen LogP contribution in [0.15, 0.2) is 29.4 Å². The summed E-state index contributed by atoms with van der Waals surface area (Å²) in [6, 6.07) is 10.2. The molecule has 1 aliphatic carbocycles. The molecule has 0 aliphatic heterocycles. The lowest BCUT2D eigenvalue weighted by atomic mass is 9.72. The van der Waals surface area contributed by atoms with Gasteiger partial charge in [0.15, 0.2) is 5.16 Å². The summed E-state index contributed by atoms with van der Waals surface area (Å²) in [5.41, 5.74) is 3.10. The molecule has 0 saturated heterocycles. The highest BCUT2D eigenvalue weighted by Gasteiger charge is 2.32. The van der Waals surface area contributed by atoms with E-state index in [1.807, 2.05) is 35.9 Å². The van der Waals surface area contributed by atoms with Crippen LogP contribution in [0.1, 0.15) is 54.6 Å². The van der Waals surface area contributed by atoms with E-state index < -0.39 is 0 Å². The zero-order chi connectivity index (χ0) is 25.2. The number of nitriles is 1. The summed E-state index contributed by atoms with van der Waals surface area (Å²) >= 11 is 2.90. The summed E-state index contributed by atoms with van der Waals surface area (Å²) in [6.07, 6.45) is 3.59. The summed E-state index contributed by atoms with van der Waals surface area (Å²) < 4.78 is 7.12. The SMILES string of the molecule is COc1ccc(Cc2nnc(SCC(=O)Nc3sc4c(c3C#N)CCC(C(C)(C)C)C4)n2C)cc1. The molecule has 0 bridgehead atoms. The molecular formula is C26H31N5O2S2. The number of nitrogens with one attached hydrogen (secondary N) is 1. The number of rotatable bonds is 7. The number of ether oxygens (including phenoxy) is 1. The maximum atomic E-state index is 12.8. The van der Waals surface area contributed by atoms with Crippen LogP contribution in [0, 0.1) is 22.7 Å². The van der Waals surface area contributed by atoms with Gasteiger partial charge in [-0.3, -0.25) is 4.79 Å². The van der Waals surface area contributed by atoms with Crippen molar-refractivity contribution < 1.29 is 9.53 Å². The molecule has 35 heavy (non-hydrogen) atoms. The number of hydrogen-bond acceptors (Lipinski definition) is 7. The van der Waals surface area contributed by atoms with Gasteiger partial charge in [-0.05, 0) is 53.9 Å². The fraction of sp³-hybridized carbons (Fsp3) is 0.462. The van der Waals surface area contributed by atoms with Crippen LogP contribution in [0.3, 0.4) is 0 Å². The molecule has 1 unspecified atom stereocenters. The summed E-state index contributed by atoms with van der Waals surface area (Å²) in [5.74, 6) is 2.28. The van der Waals surface area contributed by atoms with E-state index in [9.17, 15) is 10.1 Å². The van der Waals surface area contributed by atoms with Crippen LogP contribution in [0.5, 0.6) is 5.75 Å². The van der Waals surface area contributed by atoms with Gasteiger partial charge in [0.2, 0.25) is 5.91 Å². The smallest absolute Gasteiger partial charge is 0.235 e. The summed E-state index contributed by atoms with van der Waals surface area (Å²) in [4.78, 5) is 14.0. The maximum absolute atomic E-state index is 12.8. The quantitative estimate of drug-likeness (QED) is 0.439. The van der Waals surface area contributed by atoms with Gasteiger partial charge in [-0.15, -0.1) is 21.5 Å². The number of thiophene rings is 1. The Morgan fingerprint density at radius 3 is 2.71 bits per heavy atom. The van der Waals surface area contributed by atoms with Crippen molar-refractivity contribution in [1.82, 2.24) is 14.8 Å². The van der Waals surface area contributed by atoms with Crippen molar-refractivity contribution >= 4 is 34.0 Å². The number of thioether (sulfide) groups is 1. The minimum atomic E-state index is -0.142. The van der Waals surface area contributed by atoms with Crippen LogP contribution in [0.25, 0.3) is 0 Å². The van der Waals surface area contributed by atoms with Crippen molar-refractivity contribution in [1.29, 1.82) is 5.26 Å². The molecule has 2 aromatic heterocycles. The molecule has 1 aliphatic rings. The first-order valence-corrected chi connectivity index (χ1v) is 13.5. The summed E-state index contributed by atoms with van der Waals surface area (Å²) in [5, 5.41) is 22.7. The second-order valence-electron chi connectivity index (χ2n) is 9.94. The van der Waals surface area contributed by atoms with Gasteiger partial charge >= 0.3 is 0 Å². The zero-order valence-electron chi connectivity index (χ0n) is 20.8. The van der Waals surface area contributed by atoms with Crippen molar-refractivity contribution in [2.75, 3.05) is 18.2 Å². The van der Waals surface area contributed by atoms with Gasteiger partial charge < -0.3 is 14.6 Å². The van der Waals surface area contributed by atoms with Gasteiger partial charge in [-0.1, -0.05) is 44.7 Å². The van der Waals surface area contributed by atoms with Crippen LogP contribution in [-0.4, -0.2) is 33.5 Å². The molecule has 3 aromatic rings. The molecule has 9 heteroatoms. The van der Waals surface area contributed by atoms with E-state index in [0.717, 1.165) is 42.0 Å². The van der Waals surface area contributed by atoms with E-state index in [0.29, 0.717) is 28.1 Å². The molecule has 7 nitrogen and oxygen atoms in total. The first-order chi connectivity index (χ1) is 16.7. The number of hydrogen-bond donors (Lipinski definition) is 1. The Kier molecular flexibility index (Phi) is 7.53. The lowest BCUT2D eigenvalue weighted by molar-refractivity contribution is -0.113. The molecule has 1 atom stereocenters. The molecule has 4 rings (SSSR count). The number of carbonyl (C=O) groups excluding carboxylic acids is 1. The average molecular weight is 510 g/mol. The third kappa shape index (κ3) is 5.71. The number of nitrogens with zero attached hydrogens (tertiary/aromatic N) is 4. The molecule has 184 valence electrons. The van der Waals surface area contributed by atoms with Gasteiger partial charge in [0.05, 0.1) is 18.4 Å². The van der Waals surface area contributed by atoms with E-state index in [2.05, 4.69) is 42.4 Å². The van der Waals surface area contributed by atoms with E-state index >= 15 is 0 Å². The minimum absolute atomic E-state index is 0.142. The number of fused-ring (bicyclic) bond motifs is 1. The van der Waals surface area contributed by atoms with Gasteiger partial charge in [-0.2, -0.15) is 5.26 Å². The van der Waals surface area contributed by atoms with E-state index in [1.165, 1.54) is 16.6 Å². The van der Waals surface area contributed by atoms with Crippen LogP contribution in [0.4, 0.5) is 5.00 Å². The minimum Gasteiger partial charge on any atom is -0.497 e. The zero-order valence-corrected chi connectivity index (χ0v) is 22.5.